The first-order chi connectivity index (χ1) is 13.7. The van der Waals surface area contributed by atoms with E-state index in [0.29, 0.717) is 6.54 Å². The third-order valence-corrected chi connectivity index (χ3v) is 5.58. The molecule has 29 heavy (non-hydrogen) atoms. The molecule has 0 radical (unpaired) electrons. The van der Waals surface area contributed by atoms with E-state index < -0.39 is 0 Å². The number of H-pyrrole nitrogens is 1. The van der Waals surface area contributed by atoms with Crippen LogP contribution >= 0.6 is 0 Å². The van der Waals surface area contributed by atoms with Crippen molar-refractivity contribution in [3.05, 3.63) is 68.8 Å². The molecule has 0 spiro atoms. The zero-order valence-electron chi connectivity index (χ0n) is 18.1. The van der Waals surface area contributed by atoms with Crippen molar-refractivity contribution in [2.24, 2.45) is 0 Å². The van der Waals surface area contributed by atoms with Gasteiger partial charge in [-0.1, -0.05) is 45.0 Å². The Kier molecular flexibility index (Phi) is 5.09. The van der Waals surface area contributed by atoms with E-state index >= 15 is 0 Å². The van der Waals surface area contributed by atoms with Crippen LogP contribution in [-0.2, 0) is 31.5 Å². The minimum absolute atomic E-state index is 0.0338. The Morgan fingerprint density at radius 1 is 1.14 bits per heavy atom. The second kappa shape index (κ2) is 7.43. The Morgan fingerprint density at radius 3 is 2.48 bits per heavy atom. The van der Waals surface area contributed by atoms with E-state index in [1.54, 1.807) is 4.52 Å². The predicted molar refractivity (Wildman–Crippen MR) is 116 cm³/mol. The fraction of sp³-hybridized carbons (Fsp3) is 0.478. The van der Waals surface area contributed by atoms with E-state index in [1.165, 1.54) is 11.1 Å². The normalized spacial score (nSPS) is 15.2. The molecule has 1 N–H and O–H groups in total. The van der Waals surface area contributed by atoms with Crippen LogP contribution in [0.1, 0.15) is 48.8 Å². The number of aromatic amines is 1. The van der Waals surface area contributed by atoms with Gasteiger partial charge in [-0.2, -0.15) is 0 Å². The molecule has 1 aliphatic heterocycles. The number of benzene rings is 1. The van der Waals surface area contributed by atoms with Crippen LogP contribution in [0.4, 0.5) is 0 Å². The van der Waals surface area contributed by atoms with Gasteiger partial charge in [-0.15, -0.1) is 0 Å². The van der Waals surface area contributed by atoms with Gasteiger partial charge < -0.3 is 4.90 Å². The molecule has 0 bridgehead atoms. The molecule has 1 aliphatic rings. The second-order valence-electron chi connectivity index (χ2n) is 9.47. The average molecular weight is 394 g/mol. The van der Waals surface area contributed by atoms with E-state index in [1.807, 2.05) is 6.07 Å². The van der Waals surface area contributed by atoms with E-state index in [0.717, 1.165) is 48.7 Å². The number of hydrogen-bond donors (Lipinski definition) is 1. The lowest BCUT2D eigenvalue weighted by Gasteiger charge is -2.27. The average Bonchev–Trinajstić information content (AvgIpc) is 3.08. The van der Waals surface area contributed by atoms with Crippen LogP contribution in [0, 0.1) is 0 Å². The molecule has 0 amide bonds. The fourth-order valence-electron chi connectivity index (χ4n) is 3.93. The van der Waals surface area contributed by atoms with Gasteiger partial charge in [-0.3, -0.25) is 14.8 Å². The number of aromatic nitrogens is 3. The summed E-state index contributed by atoms with van der Waals surface area (Å²) in [5.41, 5.74) is 6.10. The second-order valence-corrected chi connectivity index (χ2v) is 9.47. The molecule has 2 aromatic heterocycles. The Morgan fingerprint density at radius 2 is 1.83 bits per heavy atom. The van der Waals surface area contributed by atoms with E-state index in [9.17, 15) is 4.79 Å². The first kappa shape index (κ1) is 19.9. The van der Waals surface area contributed by atoms with Gasteiger partial charge in [0.05, 0.1) is 11.3 Å². The van der Waals surface area contributed by atoms with Gasteiger partial charge in [-0.25, -0.2) is 9.50 Å². The maximum Gasteiger partial charge on any atom is 0.277 e. The quantitative estimate of drug-likeness (QED) is 0.740. The molecule has 1 aromatic carbocycles. The van der Waals surface area contributed by atoms with E-state index in [4.69, 9.17) is 4.98 Å². The molecule has 3 heterocycles. The molecular weight excluding hydrogens is 362 g/mol. The number of rotatable bonds is 4. The van der Waals surface area contributed by atoms with Crippen LogP contribution in [0.3, 0.4) is 0 Å². The van der Waals surface area contributed by atoms with Crippen LogP contribution in [0.2, 0.25) is 0 Å². The first-order valence-electron chi connectivity index (χ1n) is 10.3. The largest absolute Gasteiger partial charge is 0.305 e. The number of hydrogen-bond acceptors (Lipinski definition) is 4. The van der Waals surface area contributed by atoms with Crippen molar-refractivity contribution in [3.8, 4) is 0 Å². The monoisotopic (exact) mass is 393 g/mol. The molecule has 6 heteroatoms. The van der Waals surface area contributed by atoms with Crippen molar-refractivity contribution in [1.29, 1.82) is 0 Å². The summed E-state index contributed by atoms with van der Waals surface area (Å²) in [6.07, 6.45) is 0.815. The lowest BCUT2D eigenvalue weighted by atomic mass is 9.93. The highest BCUT2D eigenvalue weighted by Gasteiger charge is 2.24. The number of fused-ring (bicyclic) bond motifs is 2. The van der Waals surface area contributed by atoms with Crippen molar-refractivity contribution < 1.29 is 0 Å². The van der Waals surface area contributed by atoms with E-state index in [-0.39, 0.29) is 11.0 Å². The third kappa shape index (κ3) is 4.14. The summed E-state index contributed by atoms with van der Waals surface area (Å²) < 4.78 is 1.61. The molecule has 6 nitrogen and oxygen atoms in total. The lowest BCUT2D eigenvalue weighted by molar-refractivity contribution is 0.241. The van der Waals surface area contributed by atoms with Crippen LogP contribution in [0.25, 0.3) is 5.65 Å². The van der Waals surface area contributed by atoms with Crippen molar-refractivity contribution in [2.75, 3.05) is 20.6 Å². The van der Waals surface area contributed by atoms with Crippen molar-refractivity contribution >= 4 is 5.65 Å². The maximum absolute atomic E-state index is 13.1. The summed E-state index contributed by atoms with van der Waals surface area (Å²) in [5, 5.41) is 3.26. The maximum atomic E-state index is 13.1. The van der Waals surface area contributed by atoms with Crippen molar-refractivity contribution in [3.63, 3.8) is 0 Å². The number of nitrogens with one attached hydrogen (secondary N) is 1. The Hall–Kier alpha value is -2.44. The molecule has 4 rings (SSSR count). The van der Waals surface area contributed by atoms with Crippen molar-refractivity contribution in [1.82, 2.24) is 24.4 Å². The highest BCUT2D eigenvalue weighted by atomic mass is 16.1. The summed E-state index contributed by atoms with van der Waals surface area (Å²) in [6, 6.07) is 10.8. The Labute approximate surface area is 172 Å². The SMILES string of the molecule is CN(C)Cc1ccc(CN2CCc3nc4cc(C(C)(C)C)[nH]n4c(=O)c3C2)cc1. The minimum Gasteiger partial charge on any atom is -0.305 e. The van der Waals surface area contributed by atoms with Crippen LogP contribution in [0.15, 0.2) is 35.1 Å². The Bertz CT molecular complexity index is 1070. The zero-order chi connectivity index (χ0) is 20.8. The predicted octanol–water partition coefficient (Wildman–Crippen LogP) is 2.94. The summed E-state index contributed by atoms with van der Waals surface area (Å²) in [5.74, 6) is 0. The topological polar surface area (TPSA) is 56.6 Å². The number of nitrogens with zero attached hydrogens (tertiary/aromatic N) is 4. The highest BCUT2D eigenvalue weighted by Crippen LogP contribution is 2.23. The summed E-state index contributed by atoms with van der Waals surface area (Å²) >= 11 is 0. The summed E-state index contributed by atoms with van der Waals surface area (Å²) in [6.45, 7) is 9.76. The molecule has 3 aromatic rings. The third-order valence-electron chi connectivity index (χ3n) is 5.58. The molecule has 0 atom stereocenters. The van der Waals surface area contributed by atoms with Gasteiger partial charge in [-0.05, 0) is 25.2 Å². The summed E-state index contributed by atoms with van der Waals surface area (Å²) in [7, 11) is 4.16. The minimum atomic E-state index is -0.0502. The van der Waals surface area contributed by atoms with Crippen LogP contribution in [-0.4, -0.2) is 45.0 Å². The highest BCUT2D eigenvalue weighted by molar-refractivity contribution is 5.43. The van der Waals surface area contributed by atoms with Gasteiger partial charge >= 0.3 is 0 Å². The van der Waals surface area contributed by atoms with Crippen molar-refractivity contribution in [2.45, 2.75) is 52.2 Å². The molecule has 0 saturated carbocycles. The first-order valence-corrected chi connectivity index (χ1v) is 10.3. The van der Waals surface area contributed by atoms with Gasteiger partial charge in [0.1, 0.15) is 0 Å². The smallest absolute Gasteiger partial charge is 0.277 e. The van der Waals surface area contributed by atoms with Gasteiger partial charge in [0.15, 0.2) is 5.65 Å². The molecule has 0 unspecified atom stereocenters. The van der Waals surface area contributed by atoms with Gasteiger partial charge in [0.2, 0.25) is 0 Å². The molecule has 0 saturated heterocycles. The molecule has 0 fully saturated rings. The van der Waals surface area contributed by atoms with Gasteiger partial charge in [0.25, 0.3) is 5.56 Å². The fourth-order valence-corrected chi connectivity index (χ4v) is 3.93. The Balaban J connectivity index is 1.55. The molecule has 154 valence electrons. The van der Waals surface area contributed by atoms with Crippen LogP contribution < -0.4 is 5.56 Å². The zero-order valence-corrected chi connectivity index (χ0v) is 18.1. The molecular formula is C23H31N5O. The molecule has 0 aliphatic carbocycles. The van der Waals surface area contributed by atoms with Gasteiger partial charge in [0, 0.05) is 49.8 Å². The summed E-state index contributed by atoms with van der Waals surface area (Å²) in [4.78, 5) is 22.4. The lowest BCUT2D eigenvalue weighted by Crippen LogP contribution is -2.36. The van der Waals surface area contributed by atoms with E-state index in [2.05, 4.69) is 74.0 Å². The van der Waals surface area contributed by atoms with Crippen LogP contribution in [0.5, 0.6) is 0 Å². The standard InChI is InChI=1S/C23H31N5O/c1-23(2,3)20-12-21-24-19-10-11-27(15-18(19)22(29)28(21)25-20)14-17-8-6-16(7-9-17)13-26(4)5/h6-9,12,25H,10-11,13-15H2,1-5H3.